The number of likely N-dealkylation sites (N-methyl/N-ethyl adjacent to an activating group) is 1. The Morgan fingerprint density at radius 2 is 1.96 bits per heavy atom. The summed E-state index contributed by atoms with van der Waals surface area (Å²) in [5, 5.41) is 0. The van der Waals surface area contributed by atoms with Gasteiger partial charge in [-0.2, -0.15) is 0 Å². The zero-order chi connectivity index (χ0) is 16.7. The van der Waals surface area contributed by atoms with E-state index in [0.717, 1.165) is 37.4 Å². The first-order valence-electron chi connectivity index (χ1n) is 8.30. The Balaban J connectivity index is 2.03. The second kappa shape index (κ2) is 5.79. The lowest BCUT2D eigenvalue weighted by molar-refractivity contribution is -0.677. The van der Waals surface area contributed by atoms with Gasteiger partial charge in [0.1, 0.15) is 11.9 Å². The summed E-state index contributed by atoms with van der Waals surface area (Å²) in [5.74, 6) is 1.12. The predicted octanol–water partition coefficient (Wildman–Crippen LogP) is 1.77. The van der Waals surface area contributed by atoms with Crippen LogP contribution in [0.4, 0.5) is 10.7 Å². The largest absolute Gasteiger partial charge is 0.401 e. The second-order valence-corrected chi connectivity index (χ2v) is 6.19. The number of hydrogen-bond acceptors (Lipinski definition) is 3. The van der Waals surface area contributed by atoms with Gasteiger partial charge in [-0.05, 0) is 19.8 Å². The lowest BCUT2D eigenvalue weighted by Gasteiger charge is -2.32. The summed E-state index contributed by atoms with van der Waals surface area (Å²) in [6.07, 6.45) is 4.87. The van der Waals surface area contributed by atoms with E-state index in [1.807, 2.05) is 24.6 Å². The highest BCUT2D eigenvalue weighted by Gasteiger charge is 2.52. The van der Waals surface area contributed by atoms with Gasteiger partial charge < -0.3 is 0 Å². The van der Waals surface area contributed by atoms with Crippen LogP contribution >= 0.6 is 0 Å². The van der Waals surface area contributed by atoms with Crippen molar-refractivity contribution in [2.24, 2.45) is 4.99 Å². The van der Waals surface area contributed by atoms with Gasteiger partial charge in [-0.25, -0.2) is 13.9 Å². The zero-order valence-corrected chi connectivity index (χ0v) is 14.2. The third-order valence-electron chi connectivity index (χ3n) is 4.51. The number of carbonyl (C=O) groups excluding carboxylic acids is 2. The highest BCUT2D eigenvalue weighted by Crippen LogP contribution is 2.29. The van der Waals surface area contributed by atoms with E-state index in [9.17, 15) is 9.59 Å². The fourth-order valence-corrected chi connectivity index (χ4v) is 3.25. The monoisotopic (exact) mass is 318 g/mol. The summed E-state index contributed by atoms with van der Waals surface area (Å²) in [7, 11) is 1.69. The second-order valence-electron chi connectivity index (χ2n) is 6.19. The molecule has 3 heterocycles. The van der Waals surface area contributed by atoms with Crippen LogP contribution in [-0.4, -0.2) is 45.7 Å². The summed E-state index contributed by atoms with van der Waals surface area (Å²) >= 11 is 0. The number of imide groups is 1. The lowest BCUT2D eigenvalue weighted by Crippen LogP contribution is -2.62. The molecule has 1 fully saturated rings. The number of aryl methyl sites for hydroxylation is 1. The van der Waals surface area contributed by atoms with Crippen LogP contribution in [0.25, 0.3) is 0 Å². The highest BCUT2D eigenvalue weighted by atomic mass is 16.2. The molecule has 3 amide bonds. The van der Waals surface area contributed by atoms with E-state index in [0.29, 0.717) is 12.4 Å². The van der Waals surface area contributed by atoms with Crippen LogP contribution in [0.2, 0.25) is 0 Å². The number of aliphatic imine (C=N–C) groups is 1. The molecule has 2 aliphatic rings. The van der Waals surface area contributed by atoms with Gasteiger partial charge in [0.15, 0.2) is 0 Å². The summed E-state index contributed by atoms with van der Waals surface area (Å²) in [4.78, 5) is 32.7. The maximum atomic E-state index is 12.8. The van der Waals surface area contributed by atoms with Gasteiger partial charge in [0, 0.05) is 13.6 Å². The molecule has 3 rings (SSSR count). The van der Waals surface area contributed by atoms with Crippen molar-refractivity contribution in [1.82, 2.24) is 14.4 Å². The minimum atomic E-state index is -0.513. The quantitative estimate of drug-likeness (QED) is 0.777. The van der Waals surface area contributed by atoms with Gasteiger partial charge in [0.2, 0.25) is 11.9 Å². The Morgan fingerprint density at radius 1 is 1.22 bits per heavy atom. The minimum absolute atomic E-state index is 0.176. The van der Waals surface area contributed by atoms with Crippen LogP contribution in [0, 0.1) is 6.92 Å². The molecule has 1 aromatic rings. The number of unbranched alkanes of at least 4 members (excludes halogenated alkanes) is 1. The van der Waals surface area contributed by atoms with E-state index in [1.54, 1.807) is 7.05 Å². The Kier molecular flexibility index (Phi) is 3.95. The molecular weight excluding hydrogens is 294 g/mol. The Labute approximate surface area is 136 Å². The van der Waals surface area contributed by atoms with E-state index in [4.69, 9.17) is 0 Å². The summed E-state index contributed by atoms with van der Waals surface area (Å²) in [6.45, 7) is 7.46. The van der Waals surface area contributed by atoms with E-state index in [-0.39, 0.29) is 11.9 Å². The van der Waals surface area contributed by atoms with Gasteiger partial charge in [-0.1, -0.05) is 25.3 Å². The van der Waals surface area contributed by atoms with Crippen molar-refractivity contribution in [3.05, 3.63) is 11.9 Å². The number of rotatable bonds is 5. The number of amidine groups is 1. The smallest absolute Gasteiger partial charge is 0.270 e. The number of fused-ring (bicyclic) bond motifs is 3. The van der Waals surface area contributed by atoms with E-state index >= 15 is 0 Å². The van der Waals surface area contributed by atoms with Crippen LogP contribution in [0.1, 0.15) is 44.8 Å². The first-order valence-corrected chi connectivity index (χ1v) is 8.30. The molecule has 0 aliphatic carbocycles. The third-order valence-corrected chi connectivity index (χ3v) is 4.51. The average Bonchev–Trinajstić information content (AvgIpc) is 3.03. The Hall–Kier alpha value is -2.18. The zero-order valence-electron chi connectivity index (χ0n) is 14.2. The standard InChI is InChI=1S/C16H24N5O2/c1-5-7-9-19-11(3)10-21-12-13(17-15(19)21)18(4)16(23)20(8-6-2)14(12)22/h10,12H,5-9H2,1-4H3/q+1. The molecule has 1 atom stereocenters. The number of carbonyl (C=O) groups is 2. The topological polar surface area (TPSA) is 61.8 Å². The number of nitrogens with zero attached hydrogens (tertiary/aromatic N) is 5. The van der Waals surface area contributed by atoms with Gasteiger partial charge >= 0.3 is 12.0 Å². The molecular formula is C16H24N5O2+. The normalized spacial score (nSPS) is 20.0. The van der Waals surface area contributed by atoms with Crippen LogP contribution in [0.15, 0.2) is 11.2 Å². The number of aromatic nitrogens is 2. The van der Waals surface area contributed by atoms with E-state index < -0.39 is 6.04 Å². The van der Waals surface area contributed by atoms with E-state index in [2.05, 4.69) is 16.5 Å². The van der Waals surface area contributed by atoms with Gasteiger partial charge in [-0.15, -0.1) is 0 Å². The van der Waals surface area contributed by atoms with Crippen molar-refractivity contribution in [3.63, 3.8) is 0 Å². The maximum Gasteiger partial charge on any atom is 0.401 e. The molecule has 2 aliphatic heterocycles. The first kappa shape index (κ1) is 15.7. The number of urea groups is 1. The fourth-order valence-electron chi connectivity index (χ4n) is 3.25. The molecule has 7 heteroatoms. The van der Waals surface area contributed by atoms with Gasteiger partial charge in [-0.3, -0.25) is 14.6 Å². The van der Waals surface area contributed by atoms with Crippen molar-refractivity contribution >= 4 is 23.7 Å². The number of imidazole rings is 1. The summed E-state index contributed by atoms with van der Waals surface area (Å²) < 4.78 is 4.04. The molecule has 0 aromatic carbocycles. The minimum Gasteiger partial charge on any atom is -0.270 e. The summed E-state index contributed by atoms with van der Waals surface area (Å²) in [5.41, 5.74) is 1.09. The third kappa shape index (κ3) is 2.26. The van der Waals surface area contributed by atoms with Crippen molar-refractivity contribution in [3.8, 4) is 0 Å². The first-order chi connectivity index (χ1) is 11.0. The Morgan fingerprint density at radius 3 is 2.61 bits per heavy atom. The molecule has 23 heavy (non-hydrogen) atoms. The van der Waals surface area contributed by atoms with Crippen molar-refractivity contribution in [2.45, 2.75) is 52.6 Å². The van der Waals surface area contributed by atoms with Gasteiger partial charge in [0.05, 0.1) is 6.54 Å². The molecule has 0 bridgehead atoms. The van der Waals surface area contributed by atoms with Crippen molar-refractivity contribution in [2.75, 3.05) is 13.6 Å². The van der Waals surface area contributed by atoms with Crippen molar-refractivity contribution in [1.29, 1.82) is 0 Å². The predicted molar refractivity (Wildman–Crippen MR) is 85.6 cm³/mol. The molecule has 0 saturated carbocycles. The average molecular weight is 318 g/mol. The molecule has 1 unspecified atom stereocenters. The molecule has 124 valence electrons. The Bertz CT molecular complexity index is 691. The van der Waals surface area contributed by atoms with Crippen LogP contribution in [-0.2, 0) is 11.3 Å². The van der Waals surface area contributed by atoms with Crippen LogP contribution in [0.3, 0.4) is 0 Å². The molecule has 0 radical (unpaired) electrons. The number of hydrogen-bond donors (Lipinski definition) is 0. The number of amides is 3. The molecule has 0 N–H and O–H groups in total. The fraction of sp³-hybridized carbons (Fsp3) is 0.625. The van der Waals surface area contributed by atoms with Crippen molar-refractivity contribution < 1.29 is 14.2 Å². The van der Waals surface area contributed by atoms with Gasteiger partial charge in [0.25, 0.3) is 5.91 Å². The summed E-state index contributed by atoms with van der Waals surface area (Å²) in [6, 6.07) is -0.796. The maximum absolute atomic E-state index is 12.8. The molecule has 1 aromatic heterocycles. The molecule has 0 spiro atoms. The van der Waals surface area contributed by atoms with Crippen LogP contribution in [0.5, 0.6) is 0 Å². The van der Waals surface area contributed by atoms with E-state index in [1.165, 1.54) is 9.80 Å². The highest BCUT2D eigenvalue weighted by molar-refractivity contribution is 6.19. The SMILES string of the molecule is CCCCn1c(C)c[n+]2c1N=C1C2C(=O)N(CCC)C(=O)N1C. The molecule has 7 nitrogen and oxygen atoms in total. The van der Waals surface area contributed by atoms with Crippen LogP contribution < -0.4 is 4.57 Å². The molecule has 1 saturated heterocycles. The lowest BCUT2D eigenvalue weighted by atomic mass is 10.1.